The molecule has 1 aliphatic carbocycles. The van der Waals surface area contributed by atoms with Crippen LogP contribution in [0.15, 0.2) is 59.7 Å². The molecule has 0 fully saturated rings. The summed E-state index contributed by atoms with van der Waals surface area (Å²) in [5.74, 6) is 1.75. The quantitative estimate of drug-likeness (QED) is 0.189. The maximum atomic E-state index is 13.9. The Morgan fingerprint density at radius 3 is 2.57 bits per heavy atom. The van der Waals surface area contributed by atoms with Gasteiger partial charge in [-0.25, -0.2) is 4.98 Å². The third-order valence-corrected chi connectivity index (χ3v) is 9.00. The smallest absolute Gasteiger partial charge is 0.242 e. The number of thioether (sulfide) groups is 1. The van der Waals surface area contributed by atoms with Crippen LogP contribution in [-0.2, 0) is 22.6 Å². The molecule has 2 amide bonds. The fourth-order valence-electron chi connectivity index (χ4n) is 6.13. The maximum absolute atomic E-state index is 13.9. The highest BCUT2D eigenvalue weighted by molar-refractivity contribution is 7.98. The molecule has 3 N–H and O–H groups in total. The predicted octanol–water partition coefficient (Wildman–Crippen LogP) is 4.56. The van der Waals surface area contributed by atoms with Crippen molar-refractivity contribution in [3.63, 3.8) is 0 Å². The molecule has 248 valence electrons. The van der Waals surface area contributed by atoms with Crippen molar-refractivity contribution in [3.05, 3.63) is 76.2 Å². The van der Waals surface area contributed by atoms with Crippen molar-refractivity contribution in [2.75, 3.05) is 45.2 Å². The average molecular weight is 660 g/mol. The van der Waals surface area contributed by atoms with Gasteiger partial charge in [-0.2, -0.15) is 11.8 Å². The van der Waals surface area contributed by atoms with Crippen molar-refractivity contribution in [1.29, 1.82) is 0 Å². The molecule has 0 radical (unpaired) electrons. The number of benzene rings is 2. The van der Waals surface area contributed by atoms with Crippen LogP contribution in [0, 0.1) is 0 Å². The Balaban J connectivity index is 1.49. The van der Waals surface area contributed by atoms with Gasteiger partial charge in [-0.3, -0.25) is 14.4 Å². The van der Waals surface area contributed by atoms with Gasteiger partial charge in [0.2, 0.25) is 23.0 Å². The van der Waals surface area contributed by atoms with Crippen molar-refractivity contribution >= 4 is 40.3 Å². The Morgan fingerprint density at radius 1 is 1.06 bits per heavy atom. The van der Waals surface area contributed by atoms with Gasteiger partial charge in [0.15, 0.2) is 11.5 Å². The predicted molar refractivity (Wildman–Crippen MR) is 186 cm³/mol. The van der Waals surface area contributed by atoms with Gasteiger partial charge in [0.1, 0.15) is 6.04 Å². The summed E-state index contributed by atoms with van der Waals surface area (Å²) in [7, 11) is 4.68. The summed E-state index contributed by atoms with van der Waals surface area (Å²) in [4.78, 5) is 44.1. The largest absolute Gasteiger partial charge is 0.493 e. The summed E-state index contributed by atoms with van der Waals surface area (Å²) >= 11 is 1.63. The lowest BCUT2D eigenvalue weighted by molar-refractivity contribution is -0.122. The van der Waals surface area contributed by atoms with Crippen LogP contribution in [0.2, 0.25) is 0 Å². The molecule has 1 heterocycles. The van der Waals surface area contributed by atoms with E-state index in [2.05, 4.69) is 20.9 Å². The number of rotatable bonds is 13. The van der Waals surface area contributed by atoms with Gasteiger partial charge in [-0.15, -0.1) is 0 Å². The standard InChI is InChI=1S/C35H41N5O6S/c1-21(41)38-25-12-10-22-18-31(44-2)33(45-3)34(46-4)32(22)23-11-13-27(30(42)19-24(23)25)39-28(14-17-47-5)35(43)36-15-16-40-20-37-26-8-6-7-9-29(26)40/h6-9,11,13,18-20,25,28H,10,12,14-17H2,1-5H3,(H,36,43)(H,38,41)(H,39,42)/t25-,28+/m0/s1. The van der Waals surface area contributed by atoms with Gasteiger partial charge in [0, 0.05) is 25.6 Å². The van der Waals surface area contributed by atoms with Crippen molar-refractivity contribution in [1.82, 2.24) is 20.2 Å². The number of para-hydroxylation sites is 2. The fraction of sp³-hybridized carbons (Fsp3) is 0.371. The van der Waals surface area contributed by atoms with E-state index >= 15 is 0 Å². The molecule has 11 nitrogen and oxygen atoms in total. The second-order valence-corrected chi connectivity index (χ2v) is 12.3. The third kappa shape index (κ3) is 7.32. The van der Waals surface area contributed by atoms with Gasteiger partial charge in [-0.05, 0) is 78.3 Å². The van der Waals surface area contributed by atoms with E-state index in [-0.39, 0.29) is 22.9 Å². The first-order valence-electron chi connectivity index (χ1n) is 15.5. The Labute approximate surface area is 278 Å². The van der Waals surface area contributed by atoms with Gasteiger partial charge in [0.05, 0.1) is 50.4 Å². The first kappa shape index (κ1) is 33.6. The van der Waals surface area contributed by atoms with Gasteiger partial charge >= 0.3 is 0 Å². The summed E-state index contributed by atoms with van der Waals surface area (Å²) < 4.78 is 19.2. The van der Waals surface area contributed by atoms with E-state index in [1.54, 1.807) is 51.6 Å². The number of aromatic nitrogens is 2. The normalized spacial score (nSPS) is 14.3. The highest BCUT2D eigenvalue weighted by Crippen LogP contribution is 2.50. The number of anilines is 1. The lowest BCUT2D eigenvalue weighted by atomic mass is 9.95. The minimum absolute atomic E-state index is 0.198. The lowest BCUT2D eigenvalue weighted by Gasteiger charge is -2.19. The van der Waals surface area contributed by atoms with Gasteiger partial charge in [0.25, 0.3) is 0 Å². The second kappa shape index (κ2) is 15.3. The zero-order valence-electron chi connectivity index (χ0n) is 27.3. The number of fused-ring (bicyclic) bond motifs is 4. The van der Waals surface area contributed by atoms with E-state index in [4.69, 9.17) is 14.2 Å². The van der Waals surface area contributed by atoms with Crippen LogP contribution >= 0.6 is 11.8 Å². The number of carbonyl (C=O) groups is 2. The summed E-state index contributed by atoms with van der Waals surface area (Å²) in [6, 6.07) is 13.8. The van der Waals surface area contributed by atoms with E-state index in [0.717, 1.165) is 33.5 Å². The van der Waals surface area contributed by atoms with Crippen LogP contribution in [0.5, 0.6) is 17.2 Å². The summed E-state index contributed by atoms with van der Waals surface area (Å²) in [5.41, 5.74) is 4.95. The SMILES string of the molecule is COc1cc2c(c(OC)c1OC)-c1ccc(N[C@H](CCSC)C(=O)NCCn3cnc4ccccc43)c(=O)cc1[C@@H](NC(C)=O)CC2. The number of carbonyl (C=O) groups excluding carboxylic acids is 2. The fourth-order valence-corrected chi connectivity index (χ4v) is 6.60. The van der Waals surface area contributed by atoms with Crippen molar-refractivity contribution in [2.24, 2.45) is 0 Å². The molecule has 1 aliphatic rings. The number of ether oxygens (including phenoxy) is 3. The number of hydrogen-bond acceptors (Lipinski definition) is 9. The van der Waals surface area contributed by atoms with E-state index < -0.39 is 12.1 Å². The molecule has 0 aliphatic heterocycles. The molecule has 5 rings (SSSR count). The third-order valence-electron chi connectivity index (χ3n) is 8.35. The Hall–Kier alpha value is -4.71. The monoisotopic (exact) mass is 659 g/mol. The molecule has 0 unspecified atom stereocenters. The summed E-state index contributed by atoms with van der Waals surface area (Å²) in [6.07, 6.45) is 5.41. The molecular weight excluding hydrogens is 618 g/mol. The molecule has 0 spiro atoms. The number of nitrogens with zero attached hydrogens (tertiary/aromatic N) is 2. The van der Waals surface area contributed by atoms with Crippen LogP contribution in [0.4, 0.5) is 5.69 Å². The zero-order valence-corrected chi connectivity index (χ0v) is 28.2. The molecule has 0 saturated carbocycles. The molecule has 2 atom stereocenters. The van der Waals surface area contributed by atoms with Gasteiger partial charge < -0.3 is 34.7 Å². The summed E-state index contributed by atoms with van der Waals surface area (Å²) in [6.45, 7) is 2.42. The van der Waals surface area contributed by atoms with E-state index in [0.29, 0.717) is 55.2 Å². The van der Waals surface area contributed by atoms with Crippen molar-refractivity contribution in [2.45, 2.75) is 44.8 Å². The molecule has 0 saturated heterocycles. The van der Waals surface area contributed by atoms with Crippen LogP contribution in [0.3, 0.4) is 0 Å². The van der Waals surface area contributed by atoms with Crippen LogP contribution in [0.25, 0.3) is 22.2 Å². The number of nitrogens with one attached hydrogen (secondary N) is 3. The van der Waals surface area contributed by atoms with E-state index in [1.165, 1.54) is 6.92 Å². The second-order valence-electron chi connectivity index (χ2n) is 11.3. The van der Waals surface area contributed by atoms with Crippen LogP contribution < -0.4 is 35.6 Å². The topological polar surface area (TPSA) is 133 Å². The van der Waals surface area contributed by atoms with Crippen molar-refractivity contribution < 1.29 is 23.8 Å². The molecule has 1 aromatic heterocycles. The molecule has 3 aromatic carbocycles. The lowest BCUT2D eigenvalue weighted by Crippen LogP contribution is -2.42. The minimum atomic E-state index is -0.644. The van der Waals surface area contributed by atoms with E-state index in [9.17, 15) is 14.4 Å². The first-order valence-corrected chi connectivity index (χ1v) is 16.9. The molecule has 0 bridgehead atoms. The van der Waals surface area contributed by atoms with E-state index in [1.807, 2.05) is 47.2 Å². The van der Waals surface area contributed by atoms with Crippen molar-refractivity contribution in [3.8, 4) is 28.4 Å². The molecule has 12 heteroatoms. The number of hydrogen-bond donors (Lipinski definition) is 3. The molecule has 47 heavy (non-hydrogen) atoms. The zero-order chi connectivity index (χ0) is 33.5. The number of methoxy groups -OCH3 is 3. The highest BCUT2D eigenvalue weighted by Gasteiger charge is 2.30. The number of amides is 2. The minimum Gasteiger partial charge on any atom is -0.493 e. The summed E-state index contributed by atoms with van der Waals surface area (Å²) in [5, 5.41) is 9.30. The molecular formula is C35H41N5O6S. The Bertz CT molecular complexity index is 1830. The van der Waals surface area contributed by atoms with Gasteiger partial charge in [-0.1, -0.05) is 18.2 Å². The van der Waals surface area contributed by atoms with Crippen LogP contribution in [0.1, 0.15) is 36.9 Å². The Kier molecular flexibility index (Phi) is 10.9. The average Bonchev–Trinajstić information content (AvgIpc) is 3.34. The Morgan fingerprint density at radius 2 is 1.85 bits per heavy atom. The maximum Gasteiger partial charge on any atom is 0.242 e. The highest BCUT2D eigenvalue weighted by atomic mass is 32.2. The number of imidazole rings is 1. The molecule has 4 aromatic rings. The van der Waals surface area contributed by atoms with Crippen LogP contribution in [-0.4, -0.2) is 67.3 Å². The first-order chi connectivity index (χ1) is 22.8. The number of aryl methyl sites for hydroxylation is 1.